The summed E-state index contributed by atoms with van der Waals surface area (Å²) in [6.45, 7) is 1.43. The lowest BCUT2D eigenvalue weighted by molar-refractivity contribution is -0.119. The van der Waals surface area contributed by atoms with E-state index in [1.54, 1.807) is 17.3 Å². The molecule has 0 bridgehead atoms. The number of likely N-dealkylation sites (tertiary alicyclic amines) is 1. The molecule has 0 atom stereocenters. The van der Waals surface area contributed by atoms with Crippen molar-refractivity contribution in [2.75, 3.05) is 38.2 Å². The number of hydrogen-bond acceptors (Lipinski definition) is 6. The zero-order valence-corrected chi connectivity index (χ0v) is 16.6. The zero-order chi connectivity index (χ0) is 21.4. The molecular weight excluding hydrogens is 401 g/mol. The van der Waals surface area contributed by atoms with Crippen LogP contribution in [-0.2, 0) is 4.79 Å². The van der Waals surface area contributed by atoms with Crippen molar-refractivity contribution in [2.45, 2.75) is 0 Å². The number of nitrogens with one attached hydrogen (secondary N) is 1. The van der Waals surface area contributed by atoms with Gasteiger partial charge in [-0.05, 0) is 35.7 Å². The van der Waals surface area contributed by atoms with Crippen molar-refractivity contribution in [1.29, 1.82) is 0 Å². The van der Waals surface area contributed by atoms with Gasteiger partial charge in [0.2, 0.25) is 0 Å². The molecular formula is C23H20FN3O4. The van der Waals surface area contributed by atoms with E-state index in [1.807, 2.05) is 24.3 Å². The summed E-state index contributed by atoms with van der Waals surface area (Å²) in [6.07, 6.45) is 3.54. The van der Waals surface area contributed by atoms with Gasteiger partial charge < -0.3 is 19.7 Å². The highest BCUT2D eigenvalue weighted by Crippen LogP contribution is 2.31. The Morgan fingerprint density at radius 3 is 2.97 bits per heavy atom. The van der Waals surface area contributed by atoms with Gasteiger partial charge in [-0.15, -0.1) is 0 Å². The molecule has 1 aromatic heterocycles. The molecule has 2 aromatic carbocycles. The highest BCUT2D eigenvalue weighted by molar-refractivity contribution is 5.97. The van der Waals surface area contributed by atoms with Gasteiger partial charge in [-0.2, -0.15) is 0 Å². The van der Waals surface area contributed by atoms with E-state index in [4.69, 9.17) is 9.47 Å². The molecule has 1 N–H and O–H groups in total. The van der Waals surface area contributed by atoms with Crippen molar-refractivity contribution in [3.8, 4) is 11.5 Å². The quantitative estimate of drug-likeness (QED) is 0.698. The van der Waals surface area contributed by atoms with E-state index in [0.29, 0.717) is 25.4 Å². The number of halogens is 1. The fourth-order valence-corrected chi connectivity index (χ4v) is 3.76. The van der Waals surface area contributed by atoms with Gasteiger partial charge in [0, 0.05) is 42.9 Å². The third kappa shape index (κ3) is 3.88. The van der Waals surface area contributed by atoms with Gasteiger partial charge in [0.25, 0.3) is 5.91 Å². The largest absolute Gasteiger partial charge is 0.493 e. The predicted octanol–water partition coefficient (Wildman–Crippen LogP) is 2.90. The summed E-state index contributed by atoms with van der Waals surface area (Å²) >= 11 is 0. The average molecular weight is 421 g/mol. The summed E-state index contributed by atoms with van der Waals surface area (Å²) in [5, 5.41) is 4.99. The number of ether oxygens (including phenoxy) is 2. The Bertz CT molecular complexity index is 1180. The van der Waals surface area contributed by atoms with E-state index in [2.05, 4.69) is 10.3 Å². The Labute approximate surface area is 177 Å². The van der Waals surface area contributed by atoms with Crippen molar-refractivity contribution < 1.29 is 23.5 Å². The number of carbonyl (C=O) groups is 2. The Morgan fingerprint density at radius 1 is 1.23 bits per heavy atom. The van der Waals surface area contributed by atoms with Gasteiger partial charge >= 0.3 is 0 Å². The lowest BCUT2D eigenvalue weighted by Gasteiger charge is -2.39. The summed E-state index contributed by atoms with van der Waals surface area (Å²) in [5.74, 6) is -0.00238. The first kappa shape index (κ1) is 19.3. The van der Waals surface area contributed by atoms with Crippen LogP contribution in [0.2, 0.25) is 0 Å². The molecule has 3 heterocycles. The Hall–Kier alpha value is -3.68. The standard InChI is InChI=1S/C23H20FN3O4/c24-20-7-22-21(26-9-17(28)13-31-22)6-19(20)23(29)27-10-14(11-27)12-30-18-2-1-16-8-25-4-3-15(16)5-18/h1-8,14,26H,9-13H2. The van der Waals surface area contributed by atoms with E-state index in [1.165, 1.54) is 6.07 Å². The highest BCUT2D eigenvalue weighted by Gasteiger charge is 2.33. The van der Waals surface area contributed by atoms with Gasteiger partial charge in [0.15, 0.2) is 5.78 Å². The maximum absolute atomic E-state index is 14.5. The molecule has 2 aliphatic heterocycles. The van der Waals surface area contributed by atoms with Crippen molar-refractivity contribution in [3.63, 3.8) is 0 Å². The molecule has 158 valence electrons. The van der Waals surface area contributed by atoms with Gasteiger partial charge in [-0.1, -0.05) is 0 Å². The Balaban J connectivity index is 1.19. The van der Waals surface area contributed by atoms with Crippen LogP contribution in [0.3, 0.4) is 0 Å². The van der Waals surface area contributed by atoms with Crippen LogP contribution in [0.15, 0.2) is 48.8 Å². The fourth-order valence-electron chi connectivity index (χ4n) is 3.76. The van der Waals surface area contributed by atoms with Crippen molar-refractivity contribution in [2.24, 2.45) is 5.92 Å². The fraction of sp³-hybridized carbons (Fsp3) is 0.261. The van der Waals surface area contributed by atoms with E-state index >= 15 is 0 Å². The number of pyridine rings is 1. The third-order valence-electron chi connectivity index (χ3n) is 5.51. The SMILES string of the molecule is O=C1CNc2cc(C(=O)N3CC(COc4ccc5cnccc5c4)C3)c(F)cc2OC1. The molecule has 1 fully saturated rings. The molecule has 0 spiro atoms. The number of aromatic nitrogens is 1. The van der Waals surface area contributed by atoms with Gasteiger partial charge in [0.05, 0.1) is 24.4 Å². The summed E-state index contributed by atoms with van der Waals surface area (Å²) in [7, 11) is 0. The molecule has 0 saturated carbocycles. The highest BCUT2D eigenvalue weighted by atomic mass is 19.1. The normalized spacial score (nSPS) is 16.0. The molecule has 5 rings (SSSR count). The van der Waals surface area contributed by atoms with Crippen LogP contribution in [0.4, 0.5) is 10.1 Å². The lowest BCUT2D eigenvalue weighted by atomic mass is 9.99. The van der Waals surface area contributed by atoms with Crippen molar-refractivity contribution >= 4 is 28.2 Å². The molecule has 1 amide bonds. The molecule has 0 aliphatic carbocycles. The molecule has 31 heavy (non-hydrogen) atoms. The van der Waals surface area contributed by atoms with Crippen LogP contribution in [0.1, 0.15) is 10.4 Å². The van der Waals surface area contributed by atoms with Crippen LogP contribution in [0.5, 0.6) is 11.5 Å². The third-order valence-corrected chi connectivity index (χ3v) is 5.51. The minimum absolute atomic E-state index is 0.0355. The summed E-state index contributed by atoms with van der Waals surface area (Å²) in [6, 6.07) is 10.3. The number of amides is 1. The first-order valence-electron chi connectivity index (χ1n) is 10.0. The lowest BCUT2D eigenvalue weighted by Crippen LogP contribution is -2.52. The molecule has 2 aliphatic rings. The summed E-state index contributed by atoms with van der Waals surface area (Å²) in [5.41, 5.74) is 0.411. The molecule has 0 radical (unpaired) electrons. The second-order valence-electron chi connectivity index (χ2n) is 7.78. The minimum Gasteiger partial charge on any atom is -0.493 e. The van der Waals surface area contributed by atoms with Crippen LogP contribution < -0.4 is 14.8 Å². The van der Waals surface area contributed by atoms with Crippen LogP contribution >= 0.6 is 0 Å². The number of rotatable bonds is 4. The second-order valence-corrected chi connectivity index (χ2v) is 7.78. The van der Waals surface area contributed by atoms with Crippen LogP contribution in [-0.4, -0.2) is 54.4 Å². The Kier molecular flexibility index (Phi) is 4.89. The average Bonchev–Trinajstić information content (AvgIpc) is 2.93. The minimum atomic E-state index is -0.662. The molecule has 8 heteroatoms. The topological polar surface area (TPSA) is 80.8 Å². The second kappa shape index (κ2) is 7.86. The van der Waals surface area contributed by atoms with Gasteiger partial charge in [-0.3, -0.25) is 14.6 Å². The van der Waals surface area contributed by atoms with Crippen LogP contribution in [0.25, 0.3) is 10.8 Å². The maximum atomic E-state index is 14.5. The van der Waals surface area contributed by atoms with E-state index in [9.17, 15) is 14.0 Å². The van der Waals surface area contributed by atoms with Crippen molar-refractivity contribution in [1.82, 2.24) is 9.88 Å². The number of nitrogens with zero attached hydrogens (tertiary/aromatic N) is 2. The zero-order valence-electron chi connectivity index (χ0n) is 16.6. The molecule has 0 unspecified atom stereocenters. The van der Waals surface area contributed by atoms with Gasteiger partial charge in [-0.25, -0.2) is 4.39 Å². The number of fused-ring (bicyclic) bond motifs is 2. The number of hydrogen-bond donors (Lipinski definition) is 1. The van der Waals surface area contributed by atoms with Gasteiger partial charge in [0.1, 0.15) is 23.9 Å². The number of carbonyl (C=O) groups excluding carboxylic acids is 2. The van der Waals surface area contributed by atoms with E-state index < -0.39 is 5.82 Å². The van der Waals surface area contributed by atoms with Crippen LogP contribution in [0, 0.1) is 11.7 Å². The van der Waals surface area contributed by atoms with E-state index in [0.717, 1.165) is 22.6 Å². The number of Topliss-reactive ketones (excluding diaryl/α,β-unsaturated/α-hetero) is 1. The van der Waals surface area contributed by atoms with Crippen molar-refractivity contribution in [3.05, 3.63) is 60.2 Å². The predicted molar refractivity (Wildman–Crippen MR) is 112 cm³/mol. The Morgan fingerprint density at radius 2 is 2.10 bits per heavy atom. The number of anilines is 1. The smallest absolute Gasteiger partial charge is 0.256 e. The maximum Gasteiger partial charge on any atom is 0.256 e. The first-order chi connectivity index (χ1) is 15.1. The first-order valence-corrected chi connectivity index (χ1v) is 10.0. The molecule has 1 saturated heterocycles. The number of ketones is 1. The molecule has 7 nitrogen and oxygen atoms in total. The molecule has 3 aromatic rings. The summed E-state index contributed by atoms with van der Waals surface area (Å²) in [4.78, 5) is 30.0. The van der Waals surface area contributed by atoms with E-state index in [-0.39, 0.29) is 42.1 Å². The monoisotopic (exact) mass is 421 g/mol. The number of benzene rings is 2. The summed E-state index contributed by atoms with van der Waals surface area (Å²) < 4.78 is 25.7.